The van der Waals surface area contributed by atoms with Crippen LogP contribution in [0.2, 0.25) is 0 Å². The van der Waals surface area contributed by atoms with Crippen molar-refractivity contribution in [1.29, 1.82) is 0 Å². The Bertz CT molecular complexity index is 360. The van der Waals surface area contributed by atoms with Crippen molar-refractivity contribution in [2.45, 2.75) is 31.9 Å². The van der Waals surface area contributed by atoms with Crippen LogP contribution in [-0.4, -0.2) is 13.2 Å². The highest BCUT2D eigenvalue weighted by Crippen LogP contribution is 2.23. The number of nitrogens with one attached hydrogen (secondary N) is 1. The van der Waals surface area contributed by atoms with Gasteiger partial charge in [0.25, 0.3) is 0 Å². The topological polar surface area (TPSA) is 47.3 Å². The minimum absolute atomic E-state index is 0.171. The van der Waals surface area contributed by atoms with E-state index >= 15 is 0 Å². The SMILES string of the molecule is CCCC(OC)C(NN)c1ccc(F)c(F)c1. The first-order valence-electron chi connectivity index (χ1n) is 5.57. The van der Waals surface area contributed by atoms with Gasteiger partial charge in [-0.15, -0.1) is 0 Å². The van der Waals surface area contributed by atoms with Gasteiger partial charge in [0.1, 0.15) is 0 Å². The smallest absolute Gasteiger partial charge is 0.159 e. The average Bonchev–Trinajstić information content (AvgIpc) is 2.33. The largest absolute Gasteiger partial charge is 0.379 e. The van der Waals surface area contributed by atoms with Crippen molar-refractivity contribution < 1.29 is 13.5 Å². The maximum atomic E-state index is 13.1. The number of hydrogen-bond acceptors (Lipinski definition) is 3. The minimum Gasteiger partial charge on any atom is -0.379 e. The summed E-state index contributed by atoms with van der Waals surface area (Å²) >= 11 is 0. The summed E-state index contributed by atoms with van der Waals surface area (Å²) in [5.41, 5.74) is 3.16. The van der Waals surface area contributed by atoms with Gasteiger partial charge < -0.3 is 4.74 Å². The van der Waals surface area contributed by atoms with E-state index in [4.69, 9.17) is 10.6 Å². The zero-order chi connectivity index (χ0) is 12.8. The summed E-state index contributed by atoms with van der Waals surface area (Å²) in [7, 11) is 1.57. The van der Waals surface area contributed by atoms with Gasteiger partial charge in [-0.1, -0.05) is 19.4 Å². The fourth-order valence-electron chi connectivity index (χ4n) is 1.83. The fraction of sp³-hybridized carbons (Fsp3) is 0.500. The first-order chi connectivity index (χ1) is 8.13. The van der Waals surface area contributed by atoms with Gasteiger partial charge in [0.15, 0.2) is 11.6 Å². The number of methoxy groups -OCH3 is 1. The van der Waals surface area contributed by atoms with Crippen LogP contribution >= 0.6 is 0 Å². The van der Waals surface area contributed by atoms with E-state index in [1.165, 1.54) is 6.07 Å². The minimum atomic E-state index is -0.880. The Kier molecular flexibility index (Phi) is 5.47. The average molecular weight is 244 g/mol. The molecule has 0 heterocycles. The second kappa shape index (κ2) is 6.64. The molecule has 3 nitrogen and oxygen atoms in total. The van der Waals surface area contributed by atoms with Gasteiger partial charge in [-0.25, -0.2) is 8.78 Å². The van der Waals surface area contributed by atoms with E-state index in [0.29, 0.717) is 5.56 Å². The van der Waals surface area contributed by atoms with E-state index in [9.17, 15) is 8.78 Å². The van der Waals surface area contributed by atoms with E-state index in [1.54, 1.807) is 7.11 Å². The molecule has 0 amide bonds. The van der Waals surface area contributed by atoms with Crippen LogP contribution in [0.5, 0.6) is 0 Å². The van der Waals surface area contributed by atoms with Crippen molar-refractivity contribution in [2.24, 2.45) is 5.84 Å². The summed E-state index contributed by atoms with van der Waals surface area (Å²) < 4.78 is 31.3. The molecule has 1 aromatic rings. The molecular formula is C12H18F2N2O. The van der Waals surface area contributed by atoms with Crippen LogP contribution < -0.4 is 11.3 Å². The maximum absolute atomic E-state index is 13.1. The molecule has 1 aromatic carbocycles. The molecule has 0 aliphatic rings. The molecule has 0 spiro atoms. The Hall–Kier alpha value is -1.04. The molecule has 0 aliphatic carbocycles. The van der Waals surface area contributed by atoms with Crippen LogP contribution in [0.1, 0.15) is 31.4 Å². The quantitative estimate of drug-likeness (QED) is 0.596. The van der Waals surface area contributed by atoms with Crippen molar-refractivity contribution in [3.63, 3.8) is 0 Å². The third-order valence-corrected chi connectivity index (χ3v) is 2.73. The first kappa shape index (κ1) is 14.0. The number of ether oxygens (including phenoxy) is 1. The van der Waals surface area contributed by atoms with Crippen LogP contribution in [0.3, 0.4) is 0 Å². The lowest BCUT2D eigenvalue weighted by atomic mass is 9.98. The molecule has 0 aliphatic heterocycles. The van der Waals surface area contributed by atoms with Gasteiger partial charge in [0, 0.05) is 7.11 Å². The van der Waals surface area contributed by atoms with Crippen LogP contribution in [0.4, 0.5) is 8.78 Å². The highest BCUT2D eigenvalue weighted by molar-refractivity contribution is 5.22. The standard InChI is InChI=1S/C12H18F2N2O/c1-3-4-11(17-2)12(16-15)8-5-6-9(13)10(14)7-8/h5-7,11-12,16H,3-4,15H2,1-2H3. The van der Waals surface area contributed by atoms with Crippen molar-refractivity contribution >= 4 is 0 Å². The molecular weight excluding hydrogens is 226 g/mol. The second-order valence-corrected chi connectivity index (χ2v) is 3.88. The fourth-order valence-corrected chi connectivity index (χ4v) is 1.83. The summed E-state index contributed by atoms with van der Waals surface area (Å²) in [5, 5.41) is 0. The molecule has 2 unspecified atom stereocenters. The summed E-state index contributed by atoms with van der Waals surface area (Å²) in [5.74, 6) is 3.71. The normalized spacial score (nSPS) is 14.6. The van der Waals surface area contributed by atoms with Gasteiger partial charge in [0.2, 0.25) is 0 Å². The van der Waals surface area contributed by atoms with Gasteiger partial charge in [-0.2, -0.15) is 0 Å². The lowest BCUT2D eigenvalue weighted by molar-refractivity contribution is 0.0605. The van der Waals surface area contributed by atoms with Crippen LogP contribution in [0, 0.1) is 11.6 Å². The Balaban J connectivity index is 2.95. The Morgan fingerprint density at radius 2 is 2.06 bits per heavy atom. The monoisotopic (exact) mass is 244 g/mol. The second-order valence-electron chi connectivity index (χ2n) is 3.88. The van der Waals surface area contributed by atoms with Gasteiger partial charge in [-0.05, 0) is 24.1 Å². The third-order valence-electron chi connectivity index (χ3n) is 2.73. The summed E-state index contributed by atoms with van der Waals surface area (Å²) in [4.78, 5) is 0. The highest BCUT2D eigenvalue weighted by Gasteiger charge is 2.22. The predicted molar refractivity (Wildman–Crippen MR) is 62.1 cm³/mol. The molecule has 96 valence electrons. The van der Waals surface area contributed by atoms with Crippen molar-refractivity contribution in [3.8, 4) is 0 Å². The van der Waals surface area contributed by atoms with Crippen molar-refractivity contribution in [2.75, 3.05) is 7.11 Å². The summed E-state index contributed by atoms with van der Waals surface area (Å²) in [6, 6.07) is 3.38. The molecule has 0 bridgehead atoms. The van der Waals surface area contributed by atoms with Gasteiger partial charge in [-0.3, -0.25) is 11.3 Å². The molecule has 17 heavy (non-hydrogen) atoms. The van der Waals surface area contributed by atoms with Gasteiger partial charge >= 0.3 is 0 Å². The number of halogens is 2. The summed E-state index contributed by atoms with van der Waals surface area (Å²) in [6.07, 6.45) is 1.53. The van der Waals surface area contributed by atoms with Gasteiger partial charge in [0.05, 0.1) is 12.1 Å². The van der Waals surface area contributed by atoms with Crippen molar-refractivity contribution in [3.05, 3.63) is 35.4 Å². The molecule has 0 aromatic heterocycles. The Labute approximate surface area is 99.9 Å². The third kappa shape index (κ3) is 3.46. The molecule has 0 saturated carbocycles. The number of benzene rings is 1. The number of hydrogen-bond donors (Lipinski definition) is 2. The lowest BCUT2D eigenvalue weighted by Gasteiger charge is -2.25. The molecule has 1 rings (SSSR count). The molecule has 2 atom stereocenters. The van der Waals surface area contributed by atoms with E-state index in [2.05, 4.69) is 5.43 Å². The van der Waals surface area contributed by atoms with Crippen LogP contribution in [-0.2, 0) is 4.74 Å². The van der Waals surface area contributed by atoms with Crippen LogP contribution in [0.15, 0.2) is 18.2 Å². The zero-order valence-electron chi connectivity index (χ0n) is 10.0. The number of nitrogens with two attached hydrogens (primary N) is 1. The highest BCUT2D eigenvalue weighted by atomic mass is 19.2. The van der Waals surface area contributed by atoms with Crippen LogP contribution in [0.25, 0.3) is 0 Å². The number of rotatable bonds is 6. The Morgan fingerprint density at radius 3 is 2.53 bits per heavy atom. The number of hydrazine groups is 1. The van der Waals surface area contributed by atoms with Crippen molar-refractivity contribution in [1.82, 2.24) is 5.43 Å². The van der Waals surface area contributed by atoms with E-state index in [1.807, 2.05) is 6.92 Å². The molecule has 0 saturated heterocycles. The lowest BCUT2D eigenvalue weighted by Crippen LogP contribution is -2.37. The van der Waals surface area contributed by atoms with E-state index in [-0.39, 0.29) is 12.1 Å². The van der Waals surface area contributed by atoms with E-state index < -0.39 is 11.6 Å². The molecule has 5 heteroatoms. The first-order valence-corrected chi connectivity index (χ1v) is 5.57. The summed E-state index contributed by atoms with van der Waals surface area (Å²) in [6.45, 7) is 2.02. The maximum Gasteiger partial charge on any atom is 0.159 e. The molecule has 0 radical (unpaired) electrons. The Morgan fingerprint density at radius 1 is 1.35 bits per heavy atom. The zero-order valence-corrected chi connectivity index (χ0v) is 10.0. The molecule has 3 N–H and O–H groups in total. The predicted octanol–water partition coefficient (Wildman–Crippen LogP) is 2.28. The van der Waals surface area contributed by atoms with E-state index in [0.717, 1.165) is 25.0 Å². The molecule has 0 fully saturated rings.